The van der Waals surface area contributed by atoms with E-state index in [1.165, 1.54) is 16.9 Å². The van der Waals surface area contributed by atoms with Crippen molar-refractivity contribution >= 4 is 28.9 Å². The van der Waals surface area contributed by atoms with Gasteiger partial charge in [0.25, 0.3) is 5.91 Å². The molecule has 0 aliphatic rings. The maximum atomic E-state index is 12.1. The van der Waals surface area contributed by atoms with Crippen molar-refractivity contribution in [2.45, 2.75) is 40.2 Å². The highest BCUT2D eigenvalue weighted by Gasteiger charge is 2.22. The zero-order valence-corrected chi connectivity index (χ0v) is 14.5. The first-order chi connectivity index (χ1) is 10.9. The molecular formula is C17H20N2O3S. The molecule has 0 spiro atoms. The van der Waals surface area contributed by atoms with Crippen LogP contribution < -0.4 is 5.32 Å². The topological polar surface area (TPSA) is 68.3 Å². The average Bonchev–Trinajstić information content (AvgIpc) is 2.86. The molecule has 5 nitrogen and oxygen atoms in total. The second-order valence-corrected chi connectivity index (χ2v) is 6.44. The summed E-state index contributed by atoms with van der Waals surface area (Å²) < 4.78 is 5.23. The molecule has 1 heterocycles. The fourth-order valence-corrected chi connectivity index (χ4v) is 2.86. The second kappa shape index (κ2) is 7.37. The highest BCUT2D eigenvalue weighted by atomic mass is 32.1. The van der Waals surface area contributed by atoms with Gasteiger partial charge in [0.1, 0.15) is 4.88 Å². The van der Waals surface area contributed by atoms with Crippen LogP contribution in [0.1, 0.15) is 39.8 Å². The largest absolute Gasteiger partial charge is 0.448 e. The zero-order chi connectivity index (χ0) is 17.0. The number of hydrogen-bond donors (Lipinski definition) is 1. The molecule has 0 unspecified atom stereocenters. The van der Waals surface area contributed by atoms with Crippen LogP contribution in [-0.2, 0) is 16.0 Å². The Morgan fingerprint density at radius 2 is 1.91 bits per heavy atom. The number of nitrogens with one attached hydrogen (secondary N) is 1. The first-order valence-corrected chi connectivity index (χ1v) is 8.27. The first-order valence-electron chi connectivity index (χ1n) is 7.45. The smallest absolute Gasteiger partial charge is 0.351 e. The SMILES string of the molecule is CCc1ccc(NC(=O)[C@@H](C)OC(=O)c2sc(C)nc2C)cc1. The fraction of sp³-hybridized carbons (Fsp3) is 0.353. The Morgan fingerprint density at radius 3 is 2.43 bits per heavy atom. The monoisotopic (exact) mass is 332 g/mol. The van der Waals surface area contributed by atoms with E-state index in [1.54, 1.807) is 13.8 Å². The van der Waals surface area contributed by atoms with Gasteiger partial charge in [0.15, 0.2) is 6.10 Å². The van der Waals surface area contributed by atoms with Gasteiger partial charge in [-0.15, -0.1) is 11.3 Å². The summed E-state index contributed by atoms with van der Waals surface area (Å²) in [6.45, 7) is 7.19. The van der Waals surface area contributed by atoms with E-state index in [0.717, 1.165) is 11.4 Å². The molecule has 0 bridgehead atoms. The van der Waals surface area contributed by atoms with Crippen molar-refractivity contribution in [2.24, 2.45) is 0 Å². The molecule has 0 aliphatic carbocycles. The van der Waals surface area contributed by atoms with Gasteiger partial charge in [-0.25, -0.2) is 9.78 Å². The van der Waals surface area contributed by atoms with Gasteiger partial charge in [-0.05, 0) is 44.9 Å². The standard InChI is InChI=1S/C17H20N2O3S/c1-5-13-6-8-14(9-7-13)19-16(20)11(3)22-17(21)15-10(2)18-12(4)23-15/h6-9,11H,5H2,1-4H3,(H,19,20)/t11-/m1/s1. The summed E-state index contributed by atoms with van der Waals surface area (Å²) in [7, 11) is 0. The van der Waals surface area contributed by atoms with Crippen molar-refractivity contribution in [3.8, 4) is 0 Å². The summed E-state index contributed by atoms with van der Waals surface area (Å²) in [6, 6.07) is 7.58. The molecule has 23 heavy (non-hydrogen) atoms. The van der Waals surface area contributed by atoms with Crippen LogP contribution in [0.4, 0.5) is 5.69 Å². The Labute approximate surface area is 139 Å². The van der Waals surface area contributed by atoms with Crippen molar-refractivity contribution in [2.75, 3.05) is 5.32 Å². The van der Waals surface area contributed by atoms with Crippen molar-refractivity contribution in [1.29, 1.82) is 0 Å². The molecule has 1 aromatic heterocycles. The Morgan fingerprint density at radius 1 is 1.26 bits per heavy atom. The van der Waals surface area contributed by atoms with Gasteiger partial charge in [-0.1, -0.05) is 19.1 Å². The summed E-state index contributed by atoms with van der Waals surface area (Å²) >= 11 is 1.27. The minimum absolute atomic E-state index is 0.360. The number of hydrogen-bond acceptors (Lipinski definition) is 5. The van der Waals surface area contributed by atoms with Crippen molar-refractivity contribution < 1.29 is 14.3 Å². The van der Waals surface area contributed by atoms with E-state index in [9.17, 15) is 9.59 Å². The minimum Gasteiger partial charge on any atom is -0.448 e. The minimum atomic E-state index is -0.879. The molecule has 1 N–H and O–H groups in total. The quantitative estimate of drug-likeness (QED) is 0.851. The lowest BCUT2D eigenvalue weighted by atomic mass is 10.1. The second-order valence-electron chi connectivity index (χ2n) is 5.23. The molecule has 0 saturated carbocycles. The van der Waals surface area contributed by atoms with Gasteiger partial charge in [0.2, 0.25) is 0 Å². The van der Waals surface area contributed by atoms with Crippen LogP contribution in [-0.4, -0.2) is 23.0 Å². The maximum Gasteiger partial charge on any atom is 0.351 e. The van der Waals surface area contributed by atoms with E-state index >= 15 is 0 Å². The van der Waals surface area contributed by atoms with Crippen molar-refractivity contribution in [1.82, 2.24) is 4.98 Å². The number of carbonyl (C=O) groups is 2. The number of anilines is 1. The lowest BCUT2D eigenvalue weighted by Gasteiger charge is -2.13. The maximum absolute atomic E-state index is 12.1. The van der Waals surface area contributed by atoms with Gasteiger partial charge in [0.05, 0.1) is 10.7 Å². The Kier molecular flexibility index (Phi) is 5.50. The molecule has 2 aromatic rings. The van der Waals surface area contributed by atoms with E-state index in [2.05, 4.69) is 17.2 Å². The van der Waals surface area contributed by atoms with Gasteiger partial charge in [-0.3, -0.25) is 4.79 Å². The first kappa shape index (κ1) is 17.1. The van der Waals surface area contributed by atoms with Crippen LogP contribution >= 0.6 is 11.3 Å². The molecule has 6 heteroatoms. The number of ether oxygens (including phenoxy) is 1. The predicted octanol–water partition coefficient (Wildman–Crippen LogP) is 3.51. The lowest BCUT2D eigenvalue weighted by Crippen LogP contribution is -2.29. The van der Waals surface area contributed by atoms with E-state index < -0.39 is 12.1 Å². The molecular weight excluding hydrogens is 312 g/mol. The van der Waals surface area contributed by atoms with Crippen LogP contribution in [0.25, 0.3) is 0 Å². The molecule has 0 radical (unpaired) electrons. The van der Waals surface area contributed by atoms with E-state index in [1.807, 2.05) is 31.2 Å². The van der Waals surface area contributed by atoms with Crippen LogP contribution in [0, 0.1) is 13.8 Å². The highest BCUT2D eigenvalue weighted by molar-refractivity contribution is 7.13. The van der Waals surface area contributed by atoms with Gasteiger partial charge in [-0.2, -0.15) is 0 Å². The molecule has 0 saturated heterocycles. The molecule has 0 fully saturated rings. The predicted molar refractivity (Wildman–Crippen MR) is 90.9 cm³/mol. The number of aromatic nitrogens is 1. The summed E-state index contributed by atoms with van der Waals surface area (Å²) in [5.74, 6) is -0.876. The summed E-state index contributed by atoms with van der Waals surface area (Å²) in [5.41, 5.74) is 2.50. The van der Waals surface area contributed by atoms with E-state index in [4.69, 9.17) is 4.74 Å². The number of rotatable bonds is 5. The third kappa shape index (κ3) is 4.39. The number of carbonyl (C=O) groups excluding carboxylic acids is 2. The number of nitrogens with zero attached hydrogens (tertiary/aromatic N) is 1. The normalized spacial score (nSPS) is 11.8. The fourth-order valence-electron chi connectivity index (χ4n) is 2.06. The van der Waals surface area contributed by atoms with Gasteiger partial charge < -0.3 is 10.1 Å². The van der Waals surface area contributed by atoms with Crippen LogP contribution in [0.2, 0.25) is 0 Å². The zero-order valence-electron chi connectivity index (χ0n) is 13.7. The van der Waals surface area contributed by atoms with Crippen LogP contribution in [0.5, 0.6) is 0 Å². The lowest BCUT2D eigenvalue weighted by molar-refractivity contribution is -0.123. The van der Waals surface area contributed by atoms with E-state index in [0.29, 0.717) is 16.3 Å². The number of benzene rings is 1. The summed E-state index contributed by atoms with van der Waals surface area (Å²) in [6.07, 6.45) is 0.0609. The number of esters is 1. The number of thiazole rings is 1. The molecule has 122 valence electrons. The Bertz CT molecular complexity index is 707. The molecule has 1 atom stereocenters. The Hall–Kier alpha value is -2.21. The van der Waals surface area contributed by atoms with Crippen LogP contribution in [0.3, 0.4) is 0 Å². The van der Waals surface area contributed by atoms with Gasteiger partial charge in [0, 0.05) is 5.69 Å². The van der Waals surface area contributed by atoms with Crippen molar-refractivity contribution in [3.63, 3.8) is 0 Å². The molecule has 2 rings (SSSR count). The average molecular weight is 332 g/mol. The number of aryl methyl sites for hydroxylation is 3. The molecule has 1 amide bonds. The Balaban J connectivity index is 1.96. The molecule has 0 aliphatic heterocycles. The van der Waals surface area contributed by atoms with Crippen molar-refractivity contribution in [3.05, 3.63) is 45.4 Å². The molecule has 1 aromatic carbocycles. The van der Waals surface area contributed by atoms with Gasteiger partial charge >= 0.3 is 5.97 Å². The third-order valence-electron chi connectivity index (χ3n) is 3.37. The highest BCUT2D eigenvalue weighted by Crippen LogP contribution is 2.19. The van der Waals surface area contributed by atoms with Crippen LogP contribution in [0.15, 0.2) is 24.3 Å². The summed E-state index contributed by atoms with van der Waals surface area (Å²) in [5, 5.41) is 3.54. The third-order valence-corrected chi connectivity index (χ3v) is 4.42. The van der Waals surface area contributed by atoms with E-state index in [-0.39, 0.29) is 5.91 Å². The summed E-state index contributed by atoms with van der Waals surface area (Å²) in [4.78, 5) is 28.8. The number of amides is 1.